The van der Waals surface area contributed by atoms with Gasteiger partial charge in [0, 0.05) is 5.69 Å². The summed E-state index contributed by atoms with van der Waals surface area (Å²) in [4.78, 5) is 24.7. The van der Waals surface area contributed by atoms with Crippen molar-refractivity contribution in [2.45, 2.75) is 24.2 Å². The number of hydrogen-bond donors (Lipinski definition) is 2. The quantitative estimate of drug-likeness (QED) is 0.662. The molecular formula is C8H5ClF6N2O2. The van der Waals surface area contributed by atoms with Crippen LogP contribution in [0.1, 0.15) is 11.3 Å². The highest BCUT2D eigenvalue weighted by Gasteiger charge is 2.73. The first-order chi connectivity index (χ1) is 8.32. The number of hydrogen-bond acceptors (Lipinski definition) is 2. The van der Waals surface area contributed by atoms with Gasteiger partial charge in [0.25, 0.3) is 5.56 Å². The van der Waals surface area contributed by atoms with Crippen molar-refractivity contribution in [1.82, 2.24) is 9.97 Å². The highest BCUT2D eigenvalue weighted by atomic mass is 35.5. The van der Waals surface area contributed by atoms with Crippen molar-refractivity contribution in [2.75, 3.05) is 0 Å². The first-order valence-electron chi connectivity index (χ1n) is 4.48. The van der Waals surface area contributed by atoms with Crippen LogP contribution in [-0.2, 0) is 5.92 Å². The Hall–Kier alpha value is -1.45. The summed E-state index contributed by atoms with van der Waals surface area (Å²) in [6.07, 6.45) is 0. The zero-order valence-corrected chi connectivity index (χ0v) is 9.72. The van der Waals surface area contributed by atoms with Crippen LogP contribution < -0.4 is 11.2 Å². The lowest BCUT2D eigenvalue weighted by atomic mass is 10.0. The maximum absolute atomic E-state index is 13.4. The molecule has 0 unspecified atom stereocenters. The van der Waals surface area contributed by atoms with Gasteiger partial charge >= 0.3 is 22.9 Å². The van der Waals surface area contributed by atoms with E-state index in [0.717, 1.165) is 0 Å². The molecule has 1 aromatic rings. The van der Waals surface area contributed by atoms with Crippen LogP contribution in [0.25, 0.3) is 0 Å². The molecule has 0 aliphatic rings. The molecule has 0 fully saturated rings. The largest absolute Gasteiger partial charge is 0.391 e. The molecule has 0 amide bonds. The first-order valence-corrected chi connectivity index (χ1v) is 4.86. The number of halogens is 7. The number of aryl methyl sites for hydroxylation is 1. The molecule has 0 bridgehead atoms. The van der Waals surface area contributed by atoms with E-state index in [-0.39, 0.29) is 0 Å². The monoisotopic (exact) mass is 310 g/mol. The van der Waals surface area contributed by atoms with Gasteiger partial charge in [-0.05, 0) is 18.5 Å². The van der Waals surface area contributed by atoms with Crippen LogP contribution >= 0.6 is 11.6 Å². The summed E-state index contributed by atoms with van der Waals surface area (Å²) in [5, 5.41) is -5.59. The summed E-state index contributed by atoms with van der Waals surface area (Å²) in [7, 11) is 0. The lowest BCUT2D eigenvalue weighted by Crippen LogP contribution is -2.52. The molecule has 0 aliphatic heterocycles. The summed E-state index contributed by atoms with van der Waals surface area (Å²) in [5.41, 5.74) is -6.12. The predicted octanol–water partition coefficient (Wildman–Crippen LogP) is 1.93. The van der Waals surface area contributed by atoms with Gasteiger partial charge in [0.15, 0.2) is 0 Å². The summed E-state index contributed by atoms with van der Waals surface area (Å²) in [6.45, 7) is 0.683. The van der Waals surface area contributed by atoms with Crippen molar-refractivity contribution in [2.24, 2.45) is 0 Å². The minimum Gasteiger partial charge on any atom is -0.311 e. The summed E-state index contributed by atoms with van der Waals surface area (Å²) < 4.78 is 77.6. The smallest absolute Gasteiger partial charge is 0.311 e. The zero-order chi connectivity index (χ0) is 15.2. The molecule has 11 heteroatoms. The van der Waals surface area contributed by atoms with E-state index >= 15 is 0 Å². The highest BCUT2D eigenvalue weighted by molar-refractivity contribution is 6.22. The maximum atomic E-state index is 13.4. The molecule has 0 atom stereocenters. The highest BCUT2D eigenvalue weighted by Crippen LogP contribution is 2.52. The van der Waals surface area contributed by atoms with E-state index in [1.54, 1.807) is 4.98 Å². The van der Waals surface area contributed by atoms with Crippen LogP contribution in [0.5, 0.6) is 0 Å². The van der Waals surface area contributed by atoms with Crippen molar-refractivity contribution in [3.8, 4) is 0 Å². The van der Waals surface area contributed by atoms with Crippen LogP contribution in [0.15, 0.2) is 9.59 Å². The average Bonchev–Trinajstić information content (AvgIpc) is 2.12. The molecule has 0 radical (unpaired) electrons. The van der Waals surface area contributed by atoms with Crippen molar-refractivity contribution in [3.05, 3.63) is 32.1 Å². The molecule has 19 heavy (non-hydrogen) atoms. The minimum atomic E-state index is -6.03. The van der Waals surface area contributed by atoms with Crippen molar-refractivity contribution in [1.29, 1.82) is 0 Å². The standard InChI is InChI=1S/C8H5ClF6N2O2/c1-2-3(4(18)17-5(19)16-2)6(10,11)7(12,13)8(9,14)15/h1H3,(H2,16,17,18,19). The Bertz CT molecular complexity index is 602. The number of aromatic amines is 2. The molecule has 0 saturated carbocycles. The lowest BCUT2D eigenvalue weighted by Gasteiger charge is -2.29. The van der Waals surface area contributed by atoms with E-state index in [1.165, 1.54) is 4.98 Å². The molecule has 1 aromatic heterocycles. The van der Waals surface area contributed by atoms with Crippen LogP contribution in [0.4, 0.5) is 26.3 Å². The van der Waals surface area contributed by atoms with Gasteiger partial charge in [0.05, 0.1) is 0 Å². The fourth-order valence-electron chi connectivity index (χ4n) is 1.31. The van der Waals surface area contributed by atoms with E-state index in [1.807, 2.05) is 0 Å². The van der Waals surface area contributed by atoms with Crippen LogP contribution in [0.3, 0.4) is 0 Å². The summed E-state index contributed by atoms with van der Waals surface area (Å²) in [5.74, 6) is -11.6. The molecule has 0 spiro atoms. The third-order valence-electron chi connectivity index (χ3n) is 2.19. The van der Waals surface area contributed by atoms with Gasteiger partial charge in [0.2, 0.25) is 0 Å². The van der Waals surface area contributed by atoms with Gasteiger partial charge in [-0.1, -0.05) is 0 Å². The fraction of sp³-hybridized carbons (Fsp3) is 0.500. The van der Waals surface area contributed by atoms with E-state index in [2.05, 4.69) is 11.6 Å². The Balaban J connectivity index is 3.62. The van der Waals surface area contributed by atoms with Gasteiger partial charge in [-0.3, -0.25) is 9.78 Å². The SMILES string of the molecule is Cc1[nH]c(=O)[nH]c(=O)c1C(F)(F)C(F)(F)C(F)(F)Cl. The van der Waals surface area contributed by atoms with Crippen molar-refractivity contribution >= 4 is 11.6 Å². The topological polar surface area (TPSA) is 65.7 Å². The molecule has 4 nitrogen and oxygen atoms in total. The lowest BCUT2D eigenvalue weighted by molar-refractivity contribution is -0.286. The van der Waals surface area contributed by atoms with Gasteiger partial charge in [-0.2, -0.15) is 26.3 Å². The van der Waals surface area contributed by atoms with E-state index in [9.17, 15) is 35.9 Å². The number of rotatable bonds is 3. The second kappa shape index (κ2) is 4.29. The van der Waals surface area contributed by atoms with Crippen LogP contribution in [-0.4, -0.2) is 21.3 Å². The fourth-order valence-corrected chi connectivity index (χ4v) is 1.43. The number of alkyl halides is 7. The zero-order valence-electron chi connectivity index (χ0n) is 8.96. The predicted molar refractivity (Wildman–Crippen MR) is 52.1 cm³/mol. The first kappa shape index (κ1) is 15.6. The second-order valence-electron chi connectivity index (χ2n) is 3.55. The van der Waals surface area contributed by atoms with Gasteiger partial charge in [-0.25, -0.2) is 4.79 Å². The second-order valence-corrected chi connectivity index (χ2v) is 4.03. The van der Waals surface area contributed by atoms with Gasteiger partial charge in [0.1, 0.15) is 5.56 Å². The Morgan fingerprint density at radius 3 is 1.84 bits per heavy atom. The molecule has 1 rings (SSSR count). The molecule has 1 heterocycles. The maximum Gasteiger partial charge on any atom is 0.391 e. The molecule has 108 valence electrons. The third kappa shape index (κ3) is 2.36. The molecule has 0 saturated heterocycles. The molecule has 0 aromatic carbocycles. The Labute approximate surface area is 105 Å². The third-order valence-corrected chi connectivity index (χ3v) is 2.43. The Morgan fingerprint density at radius 2 is 1.47 bits per heavy atom. The van der Waals surface area contributed by atoms with Crippen molar-refractivity contribution in [3.63, 3.8) is 0 Å². The Morgan fingerprint density at radius 1 is 1.00 bits per heavy atom. The number of nitrogens with one attached hydrogen (secondary N) is 2. The summed E-state index contributed by atoms with van der Waals surface area (Å²) in [6, 6.07) is 0. The number of aromatic nitrogens is 2. The van der Waals surface area contributed by atoms with Gasteiger partial charge in [-0.15, -0.1) is 0 Å². The average molecular weight is 311 g/mol. The van der Waals surface area contributed by atoms with Crippen molar-refractivity contribution < 1.29 is 26.3 Å². The van der Waals surface area contributed by atoms with E-state index < -0.39 is 39.7 Å². The van der Waals surface area contributed by atoms with Gasteiger partial charge < -0.3 is 4.98 Å². The van der Waals surface area contributed by atoms with E-state index in [4.69, 9.17) is 0 Å². The number of H-pyrrole nitrogens is 2. The minimum absolute atomic E-state index is 0.683. The molecule has 2 N–H and O–H groups in total. The Kier molecular flexibility index (Phi) is 3.52. The molecular weight excluding hydrogens is 306 g/mol. The molecule has 0 aliphatic carbocycles. The normalized spacial score (nSPS) is 13.7. The van der Waals surface area contributed by atoms with E-state index in [0.29, 0.717) is 6.92 Å². The van der Waals surface area contributed by atoms with Crippen LogP contribution in [0.2, 0.25) is 0 Å². The summed E-state index contributed by atoms with van der Waals surface area (Å²) >= 11 is 3.95. The van der Waals surface area contributed by atoms with Crippen LogP contribution in [0, 0.1) is 6.92 Å².